The molecule has 1 aromatic carbocycles. The fourth-order valence-electron chi connectivity index (χ4n) is 1.23. The number of nitrogens with one attached hydrogen (secondary N) is 1. The highest BCUT2D eigenvalue weighted by Crippen LogP contribution is 2.17. The third-order valence-corrected chi connectivity index (χ3v) is 3.13. The van der Waals surface area contributed by atoms with Gasteiger partial charge in [-0.05, 0) is 18.2 Å². The van der Waals surface area contributed by atoms with E-state index in [1.165, 1.54) is 0 Å². The molecular formula is C10H10FNO6S. The number of carboxylic acid groups (broad SMARTS) is 1. The van der Waals surface area contributed by atoms with E-state index in [0.29, 0.717) is 0 Å². The van der Waals surface area contributed by atoms with E-state index in [-0.39, 0.29) is 5.69 Å². The number of carbonyl (C=O) groups is 2. The summed E-state index contributed by atoms with van der Waals surface area (Å²) in [5.74, 6) is -4.54. The Labute approximate surface area is 108 Å². The molecule has 9 heteroatoms. The Hall–Kier alpha value is -2.16. The van der Waals surface area contributed by atoms with Crippen molar-refractivity contribution in [2.45, 2.75) is 0 Å². The Balaban J connectivity index is 3.04. The molecule has 0 amide bonds. The third-order valence-electron chi connectivity index (χ3n) is 1.96. The Morgan fingerprint density at radius 1 is 1.42 bits per heavy atom. The minimum Gasteiger partial charge on any atom is -0.480 e. The normalized spacial score (nSPS) is 10.8. The first-order chi connectivity index (χ1) is 8.75. The second-order valence-corrected chi connectivity index (χ2v) is 5.16. The Morgan fingerprint density at radius 3 is 2.58 bits per heavy atom. The first kappa shape index (κ1) is 14.9. The number of halogens is 1. The first-order valence-electron chi connectivity index (χ1n) is 4.85. The molecule has 0 saturated carbocycles. The van der Waals surface area contributed by atoms with Crippen LogP contribution in [0.3, 0.4) is 0 Å². The van der Waals surface area contributed by atoms with Gasteiger partial charge in [-0.3, -0.25) is 9.52 Å². The van der Waals surface area contributed by atoms with Crippen molar-refractivity contribution in [2.24, 2.45) is 0 Å². The van der Waals surface area contributed by atoms with Crippen molar-refractivity contribution in [3.05, 3.63) is 29.6 Å². The molecule has 0 heterocycles. The average Bonchev–Trinajstić information content (AvgIpc) is 2.28. The summed E-state index contributed by atoms with van der Waals surface area (Å²) in [5, 5.41) is 8.40. The van der Waals surface area contributed by atoms with Crippen LogP contribution in [-0.2, 0) is 19.6 Å². The zero-order chi connectivity index (χ0) is 14.6. The van der Waals surface area contributed by atoms with Gasteiger partial charge in [0.15, 0.2) is 5.75 Å². The van der Waals surface area contributed by atoms with Gasteiger partial charge in [0, 0.05) is 5.69 Å². The predicted molar refractivity (Wildman–Crippen MR) is 62.8 cm³/mol. The highest BCUT2D eigenvalue weighted by Gasteiger charge is 2.18. The molecule has 0 aliphatic heterocycles. The van der Waals surface area contributed by atoms with Crippen LogP contribution in [0, 0.1) is 5.82 Å². The number of anilines is 1. The van der Waals surface area contributed by atoms with E-state index >= 15 is 0 Å². The largest absolute Gasteiger partial charge is 0.480 e. The van der Waals surface area contributed by atoms with E-state index in [2.05, 4.69) is 4.74 Å². The molecular weight excluding hydrogens is 281 g/mol. The molecule has 104 valence electrons. The summed E-state index contributed by atoms with van der Waals surface area (Å²) in [4.78, 5) is 21.5. The van der Waals surface area contributed by atoms with Gasteiger partial charge < -0.3 is 9.84 Å². The van der Waals surface area contributed by atoms with Gasteiger partial charge in [0.1, 0.15) is 5.82 Å². The average molecular weight is 291 g/mol. The van der Waals surface area contributed by atoms with Gasteiger partial charge in [0.25, 0.3) is 0 Å². The molecule has 0 radical (unpaired) electrons. The zero-order valence-electron chi connectivity index (χ0n) is 9.71. The van der Waals surface area contributed by atoms with Gasteiger partial charge in [-0.1, -0.05) is 0 Å². The Morgan fingerprint density at radius 2 is 2.05 bits per heavy atom. The number of carbonyl (C=O) groups excluding carboxylic acids is 1. The summed E-state index contributed by atoms with van der Waals surface area (Å²) in [6, 6.07) is 2.84. The lowest BCUT2D eigenvalue weighted by molar-refractivity contribution is -0.134. The molecule has 0 saturated heterocycles. The van der Waals surface area contributed by atoms with Crippen molar-refractivity contribution in [2.75, 3.05) is 17.6 Å². The standard InChI is InChI=1S/C10H10FNO6S/c1-18-10(15)7-4-6(2-3-8(7)11)12-19(16,17)5-9(13)14/h2-4,12H,5H2,1H3,(H,13,14). The molecule has 0 bridgehead atoms. The van der Waals surface area contributed by atoms with Gasteiger partial charge in [0.2, 0.25) is 10.0 Å². The second-order valence-electron chi connectivity index (χ2n) is 3.44. The summed E-state index contributed by atoms with van der Waals surface area (Å²) < 4.78 is 42.2. The van der Waals surface area contributed by atoms with Gasteiger partial charge >= 0.3 is 11.9 Å². The van der Waals surface area contributed by atoms with Crippen LogP contribution in [0.15, 0.2) is 18.2 Å². The topological polar surface area (TPSA) is 110 Å². The van der Waals surface area contributed by atoms with Crippen molar-refractivity contribution in [1.82, 2.24) is 0 Å². The summed E-state index contributed by atoms with van der Waals surface area (Å²) in [7, 11) is -3.08. The molecule has 19 heavy (non-hydrogen) atoms. The fourth-order valence-corrected chi connectivity index (χ4v) is 2.12. The monoisotopic (exact) mass is 291 g/mol. The van der Waals surface area contributed by atoms with Crippen molar-refractivity contribution >= 4 is 27.6 Å². The molecule has 0 aliphatic rings. The summed E-state index contributed by atoms with van der Waals surface area (Å²) in [5.41, 5.74) is -0.596. The van der Waals surface area contributed by atoms with Gasteiger partial charge in [-0.2, -0.15) is 0 Å². The summed E-state index contributed by atoms with van der Waals surface area (Å²) in [6.45, 7) is 0. The molecule has 0 aromatic heterocycles. The molecule has 0 atom stereocenters. The molecule has 0 unspecified atom stereocenters. The van der Waals surface area contributed by atoms with E-state index in [1.54, 1.807) is 0 Å². The smallest absolute Gasteiger partial charge is 0.340 e. The van der Waals surface area contributed by atoms with Crippen LogP contribution in [-0.4, -0.2) is 38.3 Å². The first-order valence-corrected chi connectivity index (χ1v) is 6.50. The van der Waals surface area contributed by atoms with Crippen LogP contribution < -0.4 is 4.72 Å². The van der Waals surface area contributed by atoms with Crippen LogP contribution in [0.1, 0.15) is 10.4 Å². The number of rotatable bonds is 5. The number of ether oxygens (including phenoxy) is 1. The molecule has 2 N–H and O–H groups in total. The lowest BCUT2D eigenvalue weighted by Gasteiger charge is -2.08. The van der Waals surface area contributed by atoms with E-state index in [1.807, 2.05) is 4.72 Å². The predicted octanol–water partition coefficient (Wildman–Crippen LogP) is 0.439. The molecule has 0 spiro atoms. The maximum absolute atomic E-state index is 13.3. The van der Waals surface area contributed by atoms with E-state index in [0.717, 1.165) is 25.3 Å². The van der Waals surface area contributed by atoms with Crippen LogP contribution in [0.2, 0.25) is 0 Å². The number of aliphatic carboxylic acids is 1. The number of esters is 1. The second kappa shape index (κ2) is 5.65. The van der Waals surface area contributed by atoms with Crippen molar-refractivity contribution in [3.63, 3.8) is 0 Å². The van der Waals surface area contributed by atoms with Crippen LogP contribution in [0.4, 0.5) is 10.1 Å². The number of carboxylic acids is 1. The van der Waals surface area contributed by atoms with E-state index in [9.17, 15) is 22.4 Å². The summed E-state index contributed by atoms with van der Waals surface area (Å²) in [6.07, 6.45) is 0. The molecule has 7 nitrogen and oxygen atoms in total. The summed E-state index contributed by atoms with van der Waals surface area (Å²) >= 11 is 0. The maximum atomic E-state index is 13.3. The molecule has 1 aromatic rings. The number of hydrogen-bond donors (Lipinski definition) is 2. The van der Waals surface area contributed by atoms with Gasteiger partial charge in [0.05, 0.1) is 12.7 Å². The lowest BCUT2D eigenvalue weighted by atomic mass is 10.2. The fraction of sp³-hybridized carbons (Fsp3) is 0.200. The molecule has 0 fully saturated rings. The van der Waals surface area contributed by atoms with Gasteiger partial charge in [-0.15, -0.1) is 0 Å². The number of hydrogen-bond acceptors (Lipinski definition) is 5. The molecule has 1 rings (SSSR count). The quantitative estimate of drug-likeness (QED) is 0.762. The van der Waals surface area contributed by atoms with Gasteiger partial charge in [-0.25, -0.2) is 17.6 Å². The number of methoxy groups -OCH3 is 1. The lowest BCUT2D eigenvalue weighted by Crippen LogP contribution is -2.22. The number of benzene rings is 1. The van der Waals surface area contributed by atoms with Crippen molar-refractivity contribution in [1.29, 1.82) is 0 Å². The SMILES string of the molecule is COC(=O)c1cc(NS(=O)(=O)CC(=O)O)ccc1F. The minimum absolute atomic E-state index is 0.136. The van der Waals surface area contributed by atoms with Crippen LogP contribution in [0.5, 0.6) is 0 Å². The minimum atomic E-state index is -4.12. The highest BCUT2D eigenvalue weighted by atomic mass is 32.2. The Kier molecular flexibility index (Phi) is 4.43. The van der Waals surface area contributed by atoms with Crippen molar-refractivity contribution < 1.29 is 32.2 Å². The van der Waals surface area contributed by atoms with E-state index in [4.69, 9.17) is 5.11 Å². The zero-order valence-corrected chi connectivity index (χ0v) is 10.5. The highest BCUT2D eigenvalue weighted by molar-refractivity contribution is 7.93. The third kappa shape index (κ3) is 4.21. The van der Waals surface area contributed by atoms with Crippen LogP contribution in [0.25, 0.3) is 0 Å². The van der Waals surface area contributed by atoms with E-state index < -0.39 is 39.1 Å². The maximum Gasteiger partial charge on any atom is 0.340 e. The Bertz CT molecular complexity index is 612. The van der Waals surface area contributed by atoms with Crippen LogP contribution >= 0.6 is 0 Å². The number of sulfonamides is 1. The molecule has 0 aliphatic carbocycles. The van der Waals surface area contributed by atoms with Crippen molar-refractivity contribution in [3.8, 4) is 0 Å².